The average Bonchev–Trinajstić information content (AvgIpc) is 2.70. The first-order valence-corrected chi connectivity index (χ1v) is 7.21. The van der Waals surface area contributed by atoms with Gasteiger partial charge >= 0.3 is 5.97 Å². The van der Waals surface area contributed by atoms with Crippen molar-refractivity contribution < 1.29 is 14.6 Å². The van der Waals surface area contributed by atoms with Crippen LogP contribution < -0.4 is 5.32 Å². The Balaban J connectivity index is 2.14. The largest absolute Gasteiger partial charge is 0.506 e. The van der Waals surface area contributed by atoms with Gasteiger partial charge in [0.25, 0.3) is 0 Å². The van der Waals surface area contributed by atoms with E-state index in [4.69, 9.17) is 4.74 Å². The third-order valence-corrected chi connectivity index (χ3v) is 3.96. The van der Waals surface area contributed by atoms with E-state index in [1.165, 1.54) is 7.11 Å². The van der Waals surface area contributed by atoms with Gasteiger partial charge < -0.3 is 15.2 Å². The molecule has 1 aliphatic rings. The number of nitrogens with one attached hydrogen (secondary N) is 1. The molecule has 1 aliphatic heterocycles. The molecule has 0 amide bonds. The molecule has 21 heavy (non-hydrogen) atoms. The molecule has 2 aromatic rings. The normalized spacial score (nSPS) is 19.4. The maximum absolute atomic E-state index is 11.9. The van der Waals surface area contributed by atoms with E-state index in [1.807, 2.05) is 6.20 Å². The minimum atomic E-state index is -0.526. The van der Waals surface area contributed by atoms with E-state index < -0.39 is 5.97 Å². The van der Waals surface area contributed by atoms with Gasteiger partial charge in [0.2, 0.25) is 0 Å². The number of methoxy groups -OCH3 is 1. The lowest BCUT2D eigenvalue weighted by atomic mass is 10.0. The summed E-state index contributed by atoms with van der Waals surface area (Å²) >= 11 is 0. The summed E-state index contributed by atoms with van der Waals surface area (Å²) in [6.07, 6.45) is 5.12. The highest BCUT2D eigenvalue weighted by molar-refractivity contribution is 5.97. The molecule has 0 radical (unpaired) electrons. The lowest BCUT2D eigenvalue weighted by molar-refractivity contribution is 0.0596. The van der Waals surface area contributed by atoms with Crippen LogP contribution in [-0.4, -0.2) is 40.7 Å². The quantitative estimate of drug-likeness (QED) is 0.823. The smallest absolute Gasteiger partial charge is 0.359 e. The Bertz CT molecular complexity index is 657. The van der Waals surface area contributed by atoms with Gasteiger partial charge in [0.15, 0.2) is 5.69 Å². The third kappa shape index (κ3) is 2.47. The Hall–Kier alpha value is -2.08. The van der Waals surface area contributed by atoms with Crippen LogP contribution in [0.5, 0.6) is 5.75 Å². The number of ether oxygens (including phenoxy) is 1. The monoisotopic (exact) mass is 289 g/mol. The second kappa shape index (κ2) is 5.73. The molecular formula is C15H19N3O3. The Kier molecular flexibility index (Phi) is 3.79. The molecule has 2 N–H and O–H groups in total. The first kappa shape index (κ1) is 13.9. The summed E-state index contributed by atoms with van der Waals surface area (Å²) < 4.78 is 6.59. The SMILES string of the molecule is COC(=O)c1nc(C2CCCCNC2)n2cccc(O)c12. The zero-order valence-corrected chi connectivity index (χ0v) is 12.0. The minimum absolute atomic E-state index is 0.0400. The Morgan fingerprint density at radius 1 is 1.52 bits per heavy atom. The molecule has 0 bridgehead atoms. The van der Waals surface area contributed by atoms with Crippen LogP contribution in [0.4, 0.5) is 0 Å². The molecule has 6 heteroatoms. The number of aromatic nitrogens is 2. The molecule has 0 saturated carbocycles. The molecule has 1 unspecified atom stereocenters. The van der Waals surface area contributed by atoms with Crippen LogP contribution in [0.15, 0.2) is 18.3 Å². The summed E-state index contributed by atoms with van der Waals surface area (Å²) in [6, 6.07) is 3.30. The Labute approximate surface area is 122 Å². The molecule has 0 aliphatic carbocycles. The van der Waals surface area contributed by atoms with Gasteiger partial charge in [-0.05, 0) is 31.5 Å². The average molecular weight is 289 g/mol. The Morgan fingerprint density at radius 2 is 2.38 bits per heavy atom. The number of carbonyl (C=O) groups excluding carboxylic acids is 1. The van der Waals surface area contributed by atoms with E-state index in [-0.39, 0.29) is 17.4 Å². The summed E-state index contributed by atoms with van der Waals surface area (Å²) in [4.78, 5) is 16.4. The van der Waals surface area contributed by atoms with E-state index in [0.717, 1.165) is 38.2 Å². The van der Waals surface area contributed by atoms with Crippen molar-refractivity contribution >= 4 is 11.5 Å². The second-order valence-corrected chi connectivity index (χ2v) is 5.32. The highest BCUT2D eigenvalue weighted by Gasteiger charge is 2.25. The van der Waals surface area contributed by atoms with Crippen molar-refractivity contribution in [2.75, 3.05) is 20.2 Å². The Morgan fingerprint density at radius 3 is 3.19 bits per heavy atom. The van der Waals surface area contributed by atoms with E-state index in [0.29, 0.717) is 5.52 Å². The number of imidazole rings is 1. The molecule has 0 spiro atoms. The maximum Gasteiger partial charge on any atom is 0.359 e. The van der Waals surface area contributed by atoms with Gasteiger partial charge in [0.1, 0.15) is 17.1 Å². The zero-order chi connectivity index (χ0) is 14.8. The first-order valence-electron chi connectivity index (χ1n) is 7.21. The van der Waals surface area contributed by atoms with Crippen molar-refractivity contribution in [1.29, 1.82) is 0 Å². The van der Waals surface area contributed by atoms with E-state index >= 15 is 0 Å². The number of aromatic hydroxyl groups is 1. The van der Waals surface area contributed by atoms with Crippen LogP contribution in [0.1, 0.15) is 41.5 Å². The minimum Gasteiger partial charge on any atom is -0.506 e. The van der Waals surface area contributed by atoms with Crippen molar-refractivity contribution in [1.82, 2.24) is 14.7 Å². The number of esters is 1. The van der Waals surface area contributed by atoms with Gasteiger partial charge in [0.05, 0.1) is 7.11 Å². The predicted molar refractivity (Wildman–Crippen MR) is 77.7 cm³/mol. The lowest BCUT2D eigenvalue weighted by Crippen LogP contribution is -2.20. The van der Waals surface area contributed by atoms with Crippen molar-refractivity contribution in [3.63, 3.8) is 0 Å². The van der Waals surface area contributed by atoms with E-state index in [9.17, 15) is 9.90 Å². The number of rotatable bonds is 2. The summed E-state index contributed by atoms with van der Waals surface area (Å²) in [5, 5.41) is 13.5. The third-order valence-electron chi connectivity index (χ3n) is 3.96. The molecule has 6 nitrogen and oxygen atoms in total. The summed E-state index contributed by atoms with van der Waals surface area (Å²) in [7, 11) is 1.32. The van der Waals surface area contributed by atoms with Gasteiger partial charge in [-0.25, -0.2) is 9.78 Å². The van der Waals surface area contributed by atoms with Gasteiger partial charge in [-0.1, -0.05) is 6.42 Å². The zero-order valence-electron chi connectivity index (χ0n) is 12.0. The summed E-state index contributed by atoms with van der Waals surface area (Å²) in [6.45, 7) is 1.84. The van der Waals surface area contributed by atoms with Crippen LogP contribution in [0.25, 0.3) is 5.52 Å². The van der Waals surface area contributed by atoms with Crippen LogP contribution >= 0.6 is 0 Å². The predicted octanol–water partition coefficient (Wildman–Crippen LogP) is 1.68. The standard InChI is InChI=1S/C15H19N3O3/c1-21-15(20)12-13-11(19)6-4-8-18(13)14(17-12)10-5-2-3-7-16-9-10/h4,6,8,10,16,19H,2-3,5,7,9H2,1H3. The molecule has 3 heterocycles. The van der Waals surface area contributed by atoms with Gasteiger partial charge in [0, 0.05) is 18.7 Å². The molecule has 2 aromatic heterocycles. The van der Waals surface area contributed by atoms with Crippen molar-refractivity contribution in [3.8, 4) is 5.75 Å². The lowest BCUT2D eigenvalue weighted by Gasteiger charge is -2.13. The van der Waals surface area contributed by atoms with Crippen LogP contribution in [0, 0.1) is 0 Å². The van der Waals surface area contributed by atoms with Crippen LogP contribution in [-0.2, 0) is 4.74 Å². The topological polar surface area (TPSA) is 75.9 Å². The molecule has 0 aromatic carbocycles. The number of hydrogen-bond donors (Lipinski definition) is 2. The highest BCUT2D eigenvalue weighted by Crippen LogP contribution is 2.29. The van der Waals surface area contributed by atoms with Gasteiger partial charge in [-0.2, -0.15) is 0 Å². The van der Waals surface area contributed by atoms with E-state index in [1.54, 1.807) is 16.5 Å². The summed E-state index contributed by atoms with van der Waals surface area (Å²) in [5.41, 5.74) is 0.596. The fraction of sp³-hybridized carbons (Fsp3) is 0.467. The molecule has 3 rings (SSSR count). The maximum atomic E-state index is 11.9. The van der Waals surface area contributed by atoms with Crippen LogP contribution in [0.3, 0.4) is 0 Å². The fourth-order valence-corrected chi connectivity index (χ4v) is 2.91. The fourth-order valence-electron chi connectivity index (χ4n) is 2.91. The molecule has 112 valence electrons. The van der Waals surface area contributed by atoms with Crippen molar-refractivity contribution in [2.24, 2.45) is 0 Å². The molecule has 1 fully saturated rings. The van der Waals surface area contributed by atoms with Gasteiger partial charge in [-0.3, -0.25) is 4.40 Å². The number of fused-ring (bicyclic) bond motifs is 1. The van der Waals surface area contributed by atoms with E-state index in [2.05, 4.69) is 10.3 Å². The van der Waals surface area contributed by atoms with Crippen molar-refractivity contribution in [2.45, 2.75) is 25.2 Å². The van der Waals surface area contributed by atoms with Crippen molar-refractivity contribution in [3.05, 3.63) is 29.8 Å². The highest BCUT2D eigenvalue weighted by atomic mass is 16.5. The van der Waals surface area contributed by atoms with Crippen LogP contribution in [0.2, 0.25) is 0 Å². The first-order chi connectivity index (χ1) is 10.2. The second-order valence-electron chi connectivity index (χ2n) is 5.32. The number of pyridine rings is 1. The molecule has 1 atom stereocenters. The number of hydrogen-bond acceptors (Lipinski definition) is 5. The number of carbonyl (C=O) groups is 1. The summed E-state index contributed by atoms with van der Waals surface area (Å²) in [5.74, 6) is 0.538. The molecule has 1 saturated heterocycles. The van der Waals surface area contributed by atoms with Gasteiger partial charge in [-0.15, -0.1) is 0 Å². The number of nitrogens with zero attached hydrogens (tertiary/aromatic N) is 2. The molecular weight excluding hydrogens is 270 g/mol.